The third-order valence-corrected chi connectivity index (χ3v) is 5.20. The van der Waals surface area contributed by atoms with Gasteiger partial charge in [-0.05, 0) is 38.0 Å². The molecular weight excluding hydrogens is 364 g/mol. The van der Waals surface area contributed by atoms with Gasteiger partial charge in [-0.2, -0.15) is 5.10 Å². The van der Waals surface area contributed by atoms with Crippen LogP contribution in [0.4, 0.5) is 0 Å². The molecule has 0 aliphatic carbocycles. The van der Waals surface area contributed by atoms with Gasteiger partial charge in [-0.15, -0.1) is 5.10 Å². The summed E-state index contributed by atoms with van der Waals surface area (Å²) in [6.45, 7) is 3.18. The minimum atomic E-state index is -0.0611. The highest BCUT2D eigenvalue weighted by atomic mass is 32.2. The topological polar surface area (TPSA) is 81.4 Å². The van der Waals surface area contributed by atoms with Crippen LogP contribution >= 0.6 is 11.8 Å². The van der Waals surface area contributed by atoms with Crippen LogP contribution in [0.25, 0.3) is 11.1 Å². The molecule has 1 aromatic carbocycles. The number of para-hydroxylation sites is 2. The van der Waals surface area contributed by atoms with E-state index in [1.54, 1.807) is 0 Å². The van der Waals surface area contributed by atoms with E-state index in [4.69, 9.17) is 9.15 Å². The molecular formula is C19H20N4O3S. The number of aromatic nitrogens is 3. The predicted octanol–water partition coefficient (Wildman–Crippen LogP) is 3.09. The van der Waals surface area contributed by atoms with Crippen molar-refractivity contribution in [2.45, 2.75) is 31.1 Å². The van der Waals surface area contributed by atoms with Crippen LogP contribution in [0.1, 0.15) is 18.5 Å². The van der Waals surface area contributed by atoms with Crippen molar-refractivity contribution in [3.05, 3.63) is 42.1 Å². The van der Waals surface area contributed by atoms with E-state index >= 15 is 0 Å². The van der Waals surface area contributed by atoms with E-state index in [2.05, 4.69) is 15.2 Å². The summed E-state index contributed by atoms with van der Waals surface area (Å²) < 4.78 is 11.5. The minimum Gasteiger partial charge on any atom is -0.471 e. The van der Waals surface area contributed by atoms with Crippen LogP contribution in [-0.2, 0) is 4.79 Å². The first kappa shape index (κ1) is 17.8. The van der Waals surface area contributed by atoms with Gasteiger partial charge in [-0.1, -0.05) is 23.9 Å². The van der Waals surface area contributed by atoms with E-state index in [9.17, 15) is 4.79 Å². The SMILES string of the molecule is Cc1ccc(OC2CCCN(C(=O)CSc3nc4ccccc4o3)C2)nn1. The fourth-order valence-corrected chi connectivity index (χ4v) is 3.75. The molecule has 4 rings (SSSR count). The molecule has 27 heavy (non-hydrogen) atoms. The summed E-state index contributed by atoms with van der Waals surface area (Å²) in [4.78, 5) is 18.8. The average molecular weight is 384 g/mol. The highest BCUT2D eigenvalue weighted by Gasteiger charge is 2.25. The van der Waals surface area contributed by atoms with Crippen LogP contribution in [0, 0.1) is 6.92 Å². The van der Waals surface area contributed by atoms with Crippen molar-refractivity contribution >= 4 is 28.8 Å². The van der Waals surface area contributed by atoms with Gasteiger partial charge in [0.15, 0.2) is 5.58 Å². The summed E-state index contributed by atoms with van der Waals surface area (Å²) in [7, 11) is 0. The van der Waals surface area contributed by atoms with Gasteiger partial charge in [0.05, 0.1) is 18.0 Å². The normalized spacial score (nSPS) is 17.2. The summed E-state index contributed by atoms with van der Waals surface area (Å²) >= 11 is 1.32. The Hall–Kier alpha value is -2.61. The molecule has 1 saturated heterocycles. The lowest BCUT2D eigenvalue weighted by molar-refractivity contribution is -0.131. The van der Waals surface area contributed by atoms with E-state index in [0.717, 1.165) is 36.2 Å². The Morgan fingerprint density at radius 1 is 1.30 bits per heavy atom. The van der Waals surface area contributed by atoms with Crippen molar-refractivity contribution < 1.29 is 13.9 Å². The Labute approximate surface area is 161 Å². The number of carbonyl (C=O) groups is 1. The summed E-state index contributed by atoms with van der Waals surface area (Å²) in [5.74, 6) is 0.857. The molecule has 1 aliphatic heterocycles. The Kier molecular flexibility index (Phi) is 5.24. The van der Waals surface area contributed by atoms with Crippen LogP contribution in [0.3, 0.4) is 0 Å². The molecule has 1 fully saturated rings. The van der Waals surface area contributed by atoms with Crippen molar-refractivity contribution in [3.8, 4) is 5.88 Å². The fraction of sp³-hybridized carbons (Fsp3) is 0.368. The smallest absolute Gasteiger partial charge is 0.257 e. The van der Waals surface area contributed by atoms with E-state index < -0.39 is 0 Å². The first-order chi connectivity index (χ1) is 13.2. The minimum absolute atomic E-state index is 0.0607. The number of amides is 1. The zero-order valence-electron chi connectivity index (χ0n) is 15.0. The molecule has 0 N–H and O–H groups in total. The largest absolute Gasteiger partial charge is 0.471 e. The number of thioether (sulfide) groups is 1. The van der Waals surface area contributed by atoms with Crippen molar-refractivity contribution in [1.82, 2.24) is 20.1 Å². The lowest BCUT2D eigenvalue weighted by Crippen LogP contribution is -2.45. The van der Waals surface area contributed by atoms with Crippen molar-refractivity contribution in [2.75, 3.05) is 18.8 Å². The quantitative estimate of drug-likeness (QED) is 0.625. The zero-order chi connectivity index (χ0) is 18.6. The first-order valence-corrected chi connectivity index (χ1v) is 9.89. The van der Waals surface area contributed by atoms with E-state index in [0.29, 0.717) is 23.4 Å². The molecule has 2 aromatic heterocycles. The number of aryl methyl sites for hydroxylation is 1. The zero-order valence-corrected chi connectivity index (χ0v) is 15.8. The molecule has 3 heterocycles. The maximum atomic E-state index is 12.6. The number of benzene rings is 1. The van der Waals surface area contributed by atoms with Crippen molar-refractivity contribution in [2.24, 2.45) is 0 Å². The number of oxazole rings is 1. The van der Waals surface area contributed by atoms with Crippen molar-refractivity contribution in [1.29, 1.82) is 0 Å². The maximum Gasteiger partial charge on any atom is 0.257 e. The number of rotatable bonds is 5. The molecule has 140 valence electrons. The third-order valence-electron chi connectivity index (χ3n) is 4.39. The molecule has 0 bridgehead atoms. The summed E-state index contributed by atoms with van der Waals surface area (Å²) in [6.07, 6.45) is 1.75. The van der Waals surface area contributed by atoms with Gasteiger partial charge >= 0.3 is 0 Å². The highest BCUT2D eigenvalue weighted by molar-refractivity contribution is 7.99. The van der Waals surface area contributed by atoms with Crippen LogP contribution in [0.5, 0.6) is 5.88 Å². The number of carbonyl (C=O) groups excluding carboxylic acids is 1. The second kappa shape index (κ2) is 7.96. The summed E-state index contributed by atoms with van der Waals surface area (Å²) in [5.41, 5.74) is 2.38. The molecule has 1 amide bonds. The van der Waals surface area contributed by atoms with Gasteiger partial charge in [0.25, 0.3) is 5.22 Å². The van der Waals surface area contributed by atoms with Crippen LogP contribution < -0.4 is 4.74 Å². The first-order valence-electron chi connectivity index (χ1n) is 8.90. The Morgan fingerprint density at radius 2 is 2.19 bits per heavy atom. The predicted molar refractivity (Wildman–Crippen MR) is 102 cm³/mol. The highest BCUT2D eigenvalue weighted by Crippen LogP contribution is 2.24. The molecule has 0 spiro atoms. The number of fused-ring (bicyclic) bond motifs is 1. The number of piperidine rings is 1. The molecule has 1 aliphatic rings. The van der Waals surface area contributed by atoms with Gasteiger partial charge in [0.1, 0.15) is 11.6 Å². The number of hydrogen-bond donors (Lipinski definition) is 0. The molecule has 0 saturated carbocycles. The molecule has 7 nitrogen and oxygen atoms in total. The summed E-state index contributed by atoms with van der Waals surface area (Å²) in [6, 6.07) is 11.3. The van der Waals surface area contributed by atoms with Crippen LogP contribution in [-0.4, -0.2) is 50.9 Å². The summed E-state index contributed by atoms with van der Waals surface area (Å²) in [5, 5.41) is 8.56. The lowest BCUT2D eigenvalue weighted by Gasteiger charge is -2.32. The maximum absolute atomic E-state index is 12.6. The fourth-order valence-electron chi connectivity index (χ4n) is 3.01. The van der Waals surface area contributed by atoms with Gasteiger partial charge in [0.2, 0.25) is 11.8 Å². The standard InChI is InChI=1S/C19H20N4O3S/c1-13-8-9-17(22-21-13)25-14-5-4-10-23(11-14)18(24)12-27-19-20-15-6-2-3-7-16(15)26-19/h2-3,6-9,14H,4-5,10-12H2,1H3. The van der Waals surface area contributed by atoms with Gasteiger partial charge in [-0.25, -0.2) is 4.98 Å². The van der Waals surface area contributed by atoms with Crippen LogP contribution in [0.2, 0.25) is 0 Å². The van der Waals surface area contributed by atoms with Gasteiger partial charge in [0, 0.05) is 12.6 Å². The second-order valence-electron chi connectivity index (χ2n) is 6.47. The number of hydrogen-bond acceptors (Lipinski definition) is 7. The van der Waals surface area contributed by atoms with Crippen molar-refractivity contribution in [3.63, 3.8) is 0 Å². The molecule has 8 heteroatoms. The van der Waals surface area contributed by atoms with Gasteiger partial charge < -0.3 is 14.1 Å². The monoisotopic (exact) mass is 384 g/mol. The Morgan fingerprint density at radius 3 is 3.00 bits per heavy atom. The number of likely N-dealkylation sites (tertiary alicyclic amines) is 1. The molecule has 3 aromatic rings. The lowest BCUT2D eigenvalue weighted by atomic mass is 10.1. The van der Waals surface area contributed by atoms with E-state index in [-0.39, 0.29) is 12.0 Å². The van der Waals surface area contributed by atoms with Crippen LogP contribution in [0.15, 0.2) is 46.0 Å². The number of nitrogens with zero attached hydrogens (tertiary/aromatic N) is 4. The van der Waals surface area contributed by atoms with E-state index in [1.807, 2.05) is 48.2 Å². The van der Waals surface area contributed by atoms with Gasteiger partial charge in [-0.3, -0.25) is 4.79 Å². The molecule has 1 atom stereocenters. The van der Waals surface area contributed by atoms with E-state index in [1.165, 1.54) is 11.8 Å². The Balaban J connectivity index is 1.32. The number of ether oxygens (including phenoxy) is 1. The Bertz CT molecular complexity index is 895. The molecule has 1 unspecified atom stereocenters. The second-order valence-corrected chi connectivity index (χ2v) is 7.40. The third kappa shape index (κ3) is 4.39. The molecule has 0 radical (unpaired) electrons. The average Bonchev–Trinajstić information content (AvgIpc) is 3.11.